The van der Waals surface area contributed by atoms with Gasteiger partial charge in [-0.3, -0.25) is 14.6 Å². The van der Waals surface area contributed by atoms with E-state index in [-0.39, 0.29) is 18.1 Å². The van der Waals surface area contributed by atoms with Gasteiger partial charge in [0.25, 0.3) is 0 Å². The Bertz CT molecular complexity index is 363. The van der Waals surface area contributed by atoms with E-state index >= 15 is 0 Å². The maximum absolute atomic E-state index is 11.5. The second kappa shape index (κ2) is 6.00. The van der Waals surface area contributed by atoms with Crippen LogP contribution in [-0.4, -0.2) is 35.2 Å². The van der Waals surface area contributed by atoms with Gasteiger partial charge in [0.05, 0.1) is 6.42 Å². The first kappa shape index (κ1) is 12.4. The Morgan fingerprint density at radius 3 is 2.50 bits per heavy atom. The molecule has 0 saturated carbocycles. The molecule has 1 aromatic rings. The summed E-state index contributed by atoms with van der Waals surface area (Å²) in [5.74, 6) is -0.220. The average Bonchev–Trinajstić information content (AvgIpc) is 2.26. The van der Waals surface area contributed by atoms with Crippen LogP contribution >= 0.6 is 0 Å². The van der Waals surface area contributed by atoms with E-state index in [2.05, 4.69) is 4.98 Å². The van der Waals surface area contributed by atoms with Gasteiger partial charge in [-0.05, 0) is 31.0 Å². The normalized spacial score (nSPS) is 9.88. The summed E-state index contributed by atoms with van der Waals surface area (Å²) < 4.78 is 0. The number of nitrogens with zero attached hydrogens (tertiary/aromatic N) is 2. The van der Waals surface area contributed by atoms with Crippen LogP contribution in [0.25, 0.3) is 0 Å². The van der Waals surface area contributed by atoms with Crippen molar-refractivity contribution < 1.29 is 9.59 Å². The Kier molecular flexibility index (Phi) is 4.64. The summed E-state index contributed by atoms with van der Waals surface area (Å²) in [5.41, 5.74) is 1.14. The SMILES string of the molecule is CC(=O)CC(=O)N(C)CCc1ccncc1. The lowest BCUT2D eigenvalue weighted by Gasteiger charge is -2.16. The maximum Gasteiger partial charge on any atom is 0.229 e. The predicted molar refractivity (Wildman–Crippen MR) is 60.9 cm³/mol. The fourth-order valence-electron chi connectivity index (χ4n) is 1.32. The van der Waals surface area contributed by atoms with Crippen molar-refractivity contribution in [3.8, 4) is 0 Å². The van der Waals surface area contributed by atoms with E-state index in [9.17, 15) is 9.59 Å². The summed E-state index contributed by atoms with van der Waals surface area (Å²) in [5, 5.41) is 0. The molecular formula is C12H16N2O2. The molecule has 0 aromatic carbocycles. The van der Waals surface area contributed by atoms with Crippen LogP contribution in [0.4, 0.5) is 0 Å². The van der Waals surface area contributed by atoms with E-state index in [1.807, 2.05) is 12.1 Å². The van der Waals surface area contributed by atoms with Crippen molar-refractivity contribution in [2.24, 2.45) is 0 Å². The minimum atomic E-state index is -0.124. The van der Waals surface area contributed by atoms with Crippen molar-refractivity contribution in [1.29, 1.82) is 0 Å². The Morgan fingerprint density at radius 2 is 1.94 bits per heavy atom. The summed E-state index contributed by atoms with van der Waals surface area (Å²) in [6, 6.07) is 3.84. The molecule has 0 aliphatic rings. The molecule has 0 spiro atoms. The van der Waals surface area contributed by atoms with E-state index < -0.39 is 0 Å². The van der Waals surface area contributed by atoms with Crippen LogP contribution in [0, 0.1) is 0 Å². The van der Waals surface area contributed by atoms with Crippen LogP contribution in [0.3, 0.4) is 0 Å². The highest BCUT2D eigenvalue weighted by Gasteiger charge is 2.10. The zero-order valence-corrected chi connectivity index (χ0v) is 9.64. The van der Waals surface area contributed by atoms with Crippen LogP contribution in [-0.2, 0) is 16.0 Å². The number of pyridine rings is 1. The van der Waals surface area contributed by atoms with E-state index in [0.717, 1.165) is 12.0 Å². The Balaban J connectivity index is 2.38. The van der Waals surface area contributed by atoms with Gasteiger partial charge in [0, 0.05) is 26.0 Å². The number of hydrogen-bond donors (Lipinski definition) is 0. The third-order valence-electron chi connectivity index (χ3n) is 2.31. The Hall–Kier alpha value is -1.71. The molecule has 0 fully saturated rings. The van der Waals surface area contributed by atoms with E-state index in [4.69, 9.17) is 0 Å². The zero-order valence-electron chi connectivity index (χ0n) is 9.64. The van der Waals surface area contributed by atoms with Crippen LogP contribution in [0.2, 0.25) is 0 Å². The van der Waals surface area contributed by atoms with Gasteiger partial charge in [-0.1, -0.05) is 0 Å². The van der Waals surface area contributed by atoms with Crippen LogP contribution in [0.1, 0.15) is 18.9 Å². The number of carbonyl (C=O) groups is 2. The van der Waals surface area contributed by atoms with Crippen LogP contribution in [0.15, 0.2) is 24.5 Å². The van der Waals surface area contributed by atoms with Crippen LogP contribution in [0.5, 0.6) is 0 Å². The largest absolute Gasteiger partial charge is 0.345 e. The lowest BCUT2D eigenvalue weighted by Crippen LogP contribution is -2.30. The van der Waals surface area contributed by atoms with Gasteiger partial charge < -0.3 is 4.90 Å². The fourth-order valence-corrected chi connectivity index (χ4v) is 1.32. The number of carbonyl (C=O) groups excluding carboxylic acids is 2. The van der Waals surface area contributed by atoms with E-state index in [0.29, 0.717) is 6.54 Å². The van der Waals surface area contributed by atoms with Crippen molar-refractivity contribution in [3.63, 3.8) is 0 Å². The number of likely N-dealkylation sites (N-methyl/N-ethyl adjacent to an activating group) is 1. The molecular weight excluding hydrogens is 204 g/mol. The molecule has 0 radical (unpaired) electrons. The standard InChI is InChI=1S/C12H16N2O2/c1-10(15)9-12(16)14(2)8-5-11-3-6-13-7-4-11/h3-4,6-7H,5,8-9H2,1-2H3. The molecule has 4 nitrogen and oxygen atoms in total. The minimum Gasteiger partial charge on any atom is -0.345 e. The van der Waals surface area contributed by atoms with Crippen molar-refractivity contribution >= 4 is 11.7 Å². The number of rotatable bonds is 5. The highest BCUT2D eigenvalue weighted by Crippen LogP contribution is 2.00. The van der Waals surface area contributed by atoms with Gasteiger partial charge >= 0.3 is 0 Å². The number of aromatic nitrogens is 1. The molecule has 0 aliphatic heterocycles. The number of hydrogen-bond acceptors (Lipinski definition) is 3. The molecule has 0 atom stereocenters. The molecule has 0 saturated heterocycles. The maximum atomic E-state index is 11.5. The Morgan fingerprint density at radius 1 is 1.31 bits per heavy atom. The van der Waals surface area contributed by atoms with Gasteiger partial charge in [-0.2, -0.15) is 0 Å². The van der Waals surface area contributed by atoms with E-state index in [1.54, 1.807) is 24.3 Å². The van der Waals surface area contributed by atoms with Crippen molar-refractivity contribution in [3.05, 3.63) is 30.1 Å². The molecule has 1 amide bonds. The highest BCUT2D eigenvalue weighted by atomic mass is 16.2. The monoisotopic (exact) mass is 220 g/mol. The topological polar surface area (TPSA) is 50.3 Å². The van der Waals surface area contributed by atoms with Crippen molar-refractivity contribution in [1.82, 2.24) is 9.88 Å². The third-order valence-corrected chi connectivity index (χ3v) is 2.31. The van der Waals surface area contributed by atoms with Gasteiger partial charge in [0.15, 0.2) is 0 Å². The smallest absolute Gasteiger partial charge is 0.229 e. The molecule has 0 bridgehead atoms. The van der Waals surface area contributed by atoms with Gasteiger partial charge in [-0.15, -0.1) is 0 Å². The molecule has 1 heterocycles. The predicted octanol–water partition coefficient (Wildman–Crippen LogP) is 1.06. The van der Waals surface area contributed by atoms with Crippen molar-refractivity contribution in [2.45, 2.75) is 19.8 Å². The van der Waals surface area contributed by atoms with Gasteiger partial charge in [-0.25, -0.2) is 0 Å². The lowest BCUT2D eigenvalue weighted by atomic mass is 10.2. The summed E-state index contributed by atoms with van der Waals surface area (Å²) in [7, 11) is 1.71. The minimum absolute atomic E-state index is 0.00710. The first-order valence-electron chi connectivity index (χ1n) is 5.22. The lowest BCUT2D eigenvalue weighted by molar-refractivity contribution is -0.133. The van der Waals surface area contributed by atoms with Gasteiger partial charge in [0.2, 0.25) is 5.91 Å². The molecule has 16 heavy (non-hydrogen) atoms. The summed E-state index contributed by atoms with van der Waals surface area (Å²) in [6.07, 6.45) is 4.23. The molecule has 1 aromatic heterocycles. The number of Topliss-reactive ketones (excluding diaryl/α,β-unsaturated/α-hetero) is 1. The number of ketones is 1. The molecule has 86 valence electrons. The highest BCUT2D eigenvalue weighted by molar-refractivity contribution is 5.96. The van der Waals surface area contributed by atoms with E-state index in [1.165, 1.54) is 6.92 Å². The summed E-state index contributed by atoms with van der Waals surface area (Å²) in [6.45, 7) is 2.05. The fraction of sp³-hybridized carbons (Fsp3) is 0.417. The molecule has 4 heteroatoms. The third kappa shape index (κ3) is 4.21. The number of amides is 1. The second-order valence-corrected chi connectivity index (χ2v) is 3.80. The Labute approximate surface area is 95.3 Å². The quantitative estimate of drug-likeness (QED) is 0.697. The van der Waals surface area contributed by atoms with Gasteiger partial charge in [0.1, 0.15) is 5.78 Å². The zero-order chi connectivity index (χ0) is 12.0. The molecule has 0 N–H and O–H groups in total. The first-order valence-corrected chi connectivity index (χ1v) is 5.22. The molecule has 0 unspecified atom stereocenters. The summed E-state index contributed by atoms with van der Waals surface area (Å²) in [4.78, 5) is 27.8. The van der Waals surface area contributed by atoms with Crippen LogP contribution < -0.4 is 0 Å². The second-order valence-electron chi connectivity index (χ2n) is 3.80. The first-order chi connectivity index (χ1) is 7.59. The van der Waals surface area contributed by atoms with Crippen molar-refractivity contribution in [2.75, 3.05) is 13.6 Å². The average molecular weight is 220 g/mol. The molecule has 1 rings (SSSR count). The summed E-state index contributed by atoms with van der Waals surface area (Å²) >= 11 is 0. The molecule has 0 aliphatic carbocycles.